The molecular weight excluding hydrogens is 409 g/mol. The summed E-state index contributed by atoms with van der Waals surface area (Å²) in [5.74, 6) is -1.03. The summed E-state index contributed by atoms with van der Waals surface area (Å²) in [6, 6.07) is 19.5. The van der Waals surface area contributed by atoms with Crippen LogP contribution in [0.25, 0.3) is 0 Å². The van der Waals surface area contributed by atoms with Crippen LogP contribution in [-0.2, 0) is 11.3 Å². The number of hydrogen-bond acceptors (Lipinski definition) is 3. The minimum atomic E-state index is -0.478. The highest BCUT2D eigenvalue weighted by Crippen LogP contribution is 2.21. The van der Waals surface area contributed by atoms with Crippen molar-refractivity contribution in [3.8, 4) is 0 Å². The summed E-state index contributed by atoms with van der Waals surface area (Å²) in [5.41, 5.74) is 2.87. The van der Waals surface area contributed by atoms with Crippen LogP contribution in [0.1, 0.15) is 39.1 Å². The lowest BCUT2D eigenvalue weighted by atomic mass is 10.1. The second-order valence-corrected chi connectivity index (χ2v) is 7.54. The number of hydrogen-bond donors (Lipinski definition) is 2. The maximum atomic E-state index is 13.3. The van der Waals surface area contributed by atoms with Crippen LogP contribution in [-0.4, -0.2) is 24.3 Å². The number of amides is 3. The van der Waals surface area contributed by atoms with Gasteiger partial charge in [0.2, 0.25) is 5.91 Å². The Hall–Kier alpha value is -4.00. The van der Waals surface area contributed by atoms with Gasteiger partial charge in [0.1, 0.15) is 5.82 Å². The third-order valence-electron chi connectivity index (χ3n) is 5.24. The summed E-state index contributed by atoms with van der Waals surface area (Å²) in [5, 5.41) is 5.58. The van der Waals surface area contributed by atoms with E-state index in [4.69, 9.17) is 0 Å². The van der Waals surface area contributed by atoms with E-state index in [1.54, 1.807) is 47.4 Å². The summed E-state index contributed by atoms with van der Waals surface area (Å²) >= 11 is 0. The monoisotopic (exact) mass is 431 g/mol. The van der Waals surface area contributed by atoms with Gasteiger partial charge in [0.15, 0.2) is 0 Å². The summed E-state index contributed by atoms with van der Waals surface area (Å²) < 4.78 is 13.3. The van der Waals surface area contributed by atoms with Crippen LogP contribution in [0, 0.1) is 5.82 Å². The SMILES string of the molecule is O=C(NCc1cccc(NC(=O)c2cccc(F)c2)c1)c1ccc(N2CCCC2=O)cc1. The standard InChI is InChI=1S/C25H22FN3O3/c26-20-6-2-5-19(15-20)25(32)28-21-7-1-4-17(14-21)16-27-24(31)18-9-11-22(12-10-18)29-13-3-8-23(29)30/h1-2,4-7,9-12,14-15H,3,8,13,16H2,(H,27,31)(H,28,32). The number of anilines is 2. The highest BCUT2D eigenvalue weighted by molar-refractivity contribution is 6.04. The van der Waals surface area contributed by atoms with Crippen LogP contribution in [0.3, 0.4) is 0 Å². The number of nitrogens with zero attached hydrogens (tertiary/aromatic N) is 1. The lowest BCUT2D eigenvalue weighted by Gasteiger charge is -2.15. The van der Waals surface area contributed by atoms with Crippen molar-refractivity contribution in [1.29, 1.82) is 0 Å². The average molecular weight is 431 g/mol. The largest absolute Gasteiger partial charge is 0.348 e. The first-order valence-corrected chi connectivity index (χ1v) is 10.3. The van der Waals surface area contributed by atoms with Gasteiger partial charge in [-0.3, -0.25) is 14.4 Å². The van der Waals surface area contributed by atoms with Gasteiger partial charge in [-0.2, -0.15) is 0 Å². The Morgan fingerprint density at radius 1 is 0.906 bits per heavy atom. The molecule has 6 nitrogen and oxygen atoms in total. The average Bonchev–Trinajstić information content (AvgIpc) is 3.23. The number of benzene rings is 3. The van der Waals surface area contributed by atoms with Gasteiger partial charge in [0.25, 0.3) is 11.8 Å². The van der Waals surface area contributed by atoms with Crippen LogP contribution in [0.5, 0.6) is 0 Å². The highest BCUT2D eigenvalue weighted by Gasteiger charge is 2.21. The highest BCUT2D eigenvalue weighted by atomic mass is 19.1. The van der Waals surface area contributed by atoms with Gasteiger partial charge in [-0.15, -0.1) is 0 Å². The third-order valence-corrected chi connectivity index (χ3v) is 5.24. The zero-order valence-electron chi connectivity index (χ0n) is 17.3. The molecule has 1 saturated heterocycles. The van der Waals surface area contributed by atoms with Crippen LogP contribution >= 0.6 is 0 Å². The molecule has 1 aliphatic heterocycles. The molecule has 3 amide bonds. The molecule has 1 aliphatic rings. The molecule has 3 aromatic carbocycles. The van der Waals surface area contributed by atoms with Gasteiger partial charge < -0.3 is 15.5 Å². The Kier molecular flexibility index (Phi) is 6.26. The fourth-order valence-electron chi connectivity index (χ4n) is 3.59. The maximum absolute atomic E-state index is 13.3. The Morgan fingerprint density at radius 3 is 2.41 bits per heavy atom. The molecular formula is C25H22FN3O3. The van der Waals surface area contributed by atoms with Gasteiger partial charge in [0.05, 0.1) is 0 Å². The second kappa shape index (κ2) is 9.43. The normalized spacial score (nSPS) is 13.2. The van der Waals surface area contributed by atoms with Crippen molar-refractivity contribution in [3.05, 3.63) is 95.3 Å². The van der Waals surface area contributed by atoms with E-state index in [-0.39, 0.29) is 23.9 Å². The minimum absolute atomic E-state index is 0.103. The first kappa shape index (κ1) is 21.2. The number of carbonyl (C=O) groups is 3. The van der Waals surface area contributed by atoms with E-state index in [2.05, 4.69) is 10.6 Å². The molecule has 162 valence electrons. The molecule has 2 N–H and O–H groups in total. The van der Waals surface area contributed by atoms with E-state index >= 15 is 0 Å². The molecule has 0 saturated carbocycles. The van der Waals surface area contributed by atoms with E-state index < -0.39 is 11.7 Å². The number of nitrogens with one attached hydrogen (secondary N) is 2. The minimum Gasteiger partial charge on any atom is -0.348 e. The predicted octanol–water partition coefficient (Wildman–Crippen LogP) is 4.13. The first-order valence-electron chi connectivity index (χ1n) is 10.3. The number of halogens is 1. The summed E-state index contributed by atoms with van der Waals surface area (Å²) in [7, 11) is 0. The molecule has 0 bridgehead atoms. The molecule has 0 radical (unpaired) electrons. The van der Waals surface area contributed by atoms with Crippen LogP contribution in [0.2, 0.25) is 0 Å². The van der Waals surface area contributed by atoms with Gasteiger partial charge in [-0.1, -0.05) is 18.2 Å². The second-order valence-electron chi connectivity index (χ2n) is 7.54. The molecule has 3 aromatic rings. The van der Waals surface area contributed by atoms with E-state index in [1.807, 2.05) is 6.07 Å². The Bertz CT molecular complexity index is 1160. The molecule has 7 heteroatoms. The van der Waals surface area contributed by atoms with Crippen molar-refractivity contribution in [2.24, 2.45) is 0 Å². The first-order chi connectivity index (χ1) is 15.5. The van der Waals surface area contributed by atoms with Crippen LogP contribution < -0.4 is 15.5 Å². The van der Waals surface area contributed by atoms with Crippen molar-refractivity contribution in [1.82, 2.24) is 5.32 Å². The zero-order valence-corrected chi connectivity index (χ0v) is 17.3. The van der Waals surface area contributed by atoms with Crippen LogP contribution in [0.15, 0.2) is 72.8 Å². The van der Waals surface area contributed by atoms with Crippen molar-refractivity contribution in [2.75, 3.05) is 16.8 Å². The number of carbonyl (C=O) groups excluding carboxylic acids is 3. The lowest BCUT2D eigenvalue weighted by molar-refractivity contribution is -0.117. The van der Waals surface area contributed by atoms with E-state index in [9.17, 15) is 18.8 Å². The molecule has 0 unspecified atom stereocenters. The molecule has 1 heterocycles. The van der Waals surface area contributed by atoms with Crippen molar-refractivity contribution >= 4 is 29.1 Å². The van der Waals surface area contributed by atoms with Crippen molar-refractivity contribution in [3.63, 3.8) is 0 Å². The maximum Gasteiger partial charge on any atom is 0.255 e. The summed E-state index contributed by atoms with van der Waals surface area (Å²) in [6.07, 6.45) is 1.41. The van der Waals surface area contributed by atoms with Gasteiger partial charge in [0, 0.05) is 42.0 Å². The predicted molar refractivity (Wildman–Crippen MR) is 120 cm³/mol. The van der Waals surface area contributed by atoms with E-state index in [0.717, 1.165) is 17.7 Å². The molecule has 0 aliphatic carbocycles. The fraction of sp³-hybridized carbons (Fsp3) is 0.160. The van der Waals surface area contributed by atoms with E-state index in [1.165, 1.54) is 24.3 Å². The van der Waals surface area contributed by atoms with Crippen molar-refractivity contribution < 1.29 is 18.8 Å². The van der Waals surface area contributed by atoms with Gasteiger partial charge in [-0.05, 0) is 66.6 Å². The molecule has 0 aromatic heterocycles. The molecule has 1 fully saturated rings. The third kappa shape index (κ3) is 5.00. The molecule has 0 spiro atoms. The lowest BCUT2D eigenvalue weighted by Crippen LogP contribution is -2.25. The molecule has 0 atom stereocenters. The quantitative estimate of drug-likeness (QED) is 0.616. The Morgan fingerprint density at radius 2 is 1.69 bits per heavy atom. The molecule has 4 rings (SSSR count). The fourth-order valence-corrected chi connectivity index (χ4v) is 3.59. The summed E-state index contributed by atoms with van der Waals surface area (Å²) in [6.45, 7) is 0.978. The van der Waals surface area contributed by atoms with Crippen LogP contribution in [0.4, 0.5) is 15.8 Å². The molecule has 32 heavy (non-hydrogen) atoms. The number of rotatable bonds is 6. The summed E-state index contributed by atoms with van der Waals surface area (Å²) in [4.78, 5) is 38.4. The topological polar surface area (TPSA) is 78.5 Å². The Labute approximate surface area is 185 Å². The van der Waals surface area contributed by atoms with Crippen molar-refractivity contribution in [2.45, 2.75) is 19.4 Å². The zero-order chi connectivity index (χ0) is 22.5. The van der Waals surface area contributed by atoms with E-state index in [0.29, 0.717) is 24.2 Å². The Balaban J connectivity index is 1.35. The smallest absolute Gasteiger partial charge is 0.255 e. The van der Waals surface area contributed by atoms with Gasteiger partial charge >= 0.3 is 0 Å². The van der Waals surface area contributed by atoms with Gasteiger partial charge in [-0.25, -0.2) is 4.39 Å².